The van der Waals surface area contributed by atoms with Gasteiger partial charge in [0, 0.05) is 24.9 Å². The van der Waals surface area contributed by atoms with Crippen molar-refractivity contribution in [3.8, 4) is 0 Å². The summed E-state index contributed by atoms with van der Waals surface area (Å²) in [5.41, 5.74) is 10.1. The van der Waals surface area contributed by atoms with Gasteiger partial charge in [0.05, 0.1) is 0 Å². The van der Waals surface area contributed by atoms with Crippen LogP contribution >= 0.6 is 0 Å². The Hall–Kier alpha value is -2.29. The van der Waals surface area contributed by atoms with E-state index >= 15 is 0 Å². The van der Waals surface area contributed by atoms with Gasteiger partial charge in [-0.05, 0) is 35.8 Å². The highest BCUT2D eigenvalue weighted by molar-refractivity contribution is 6.06. The van der Waals surface area contributed by atoms with Crippen LogP contribution in [-0.4, -0.2) is 17.9 Å². The highest BCUT2D eigenvalue weighted by Crippen LogP contribution is 2.30. The summed E-state index contributed by atoms with van der Waals surface area (Å²) >= 11 is 0. The fraction of sp³-hybridized carbons (Fsp3) is 0.188. The summed E-state index contributed by atoms with van der Waals surface area (Å²) < 4.78 is 0. The maximum Gasteiger partial charge on any atom is 0.254 e. The van der Waals surface area contributed by atoms with Crippen molar-refractivity contribution in [2.24, 2.45) is 0 Å². The van der Waals surface area contributed by atoms with Crippen LogP contribution in [0.1, 0.15) is 18.1 Å². The fourth-order valence-electron chi connectivity index (χ4n) is 2.35. The van der Waals surface area contributed by atoms with E-state index in [0.717, 1.165) is 16.7 Å². The first-order valence-corrected chi connectivity index (χ1v) is 6.22. The smallest absolute Gasteiger partial charge is 0.254 e. The molecule has 1 heterocycles. The standard InChI is InChI=1S/C16H18N2O/c1-4-6-15-13(5-2)14-8-7-12(17)9-11(14)10-18(3)16(15)19/h4-9H,2,10,17H2,1,3H3/b6-4-. The van der Waals surface area contributed by atoms with Crippen LogP contribution in [0.15, 0.2) is 48.6 Å². The summed E-state index contributed by atoms with van der Waals surface area (Å²) in [6.45, 7) is 6.30. The van der Waals surface area contributed by atoms with Gasteiger partial charge in [-0.15, -0.1) is 0 Å². The summed E-state index contributed by atoms with van der Waals surface area (Å²) in [5.74, 6) is 0.00257. The molecule has 98 valence electrons. The molecule has 3 nitrogen and oxygen atoms in total. The zero-order valence-electron chi connectivity index (χ0n) is 11.3. The quantitative estimate of drug-likeness (QED) is 0.825. The molecule has 3 heteroatoms. The maximum absolute atomic E-state index is 12.4. The van der Waals surface area contributed by atoms with Crippen molar-refractivity contribution in [3.05, 3.63) is 59.7 Å². The number of nitrogen functional groups attached to an aromatic ring is 1. The molecule has 2 rings (SSSR count). The molecule has 0 unspecified atom stereocenters. The Morgan fingerprint density at radius 2 is 2.11 bits per heavy atom. The largest absolute Gasteiger partial charge is 0.399 e. The summed E-state index contributed by atoms with van der Waals surface area (Å²) in [6.07, 6.45) is 5.44. The van der Waals surface area contributed by atoms with Crippen molar-refractivity contribution < 1.29 is 4.79 Å². The van der Waals surface area contributed by atoms with Crippen molar-refractivity contribution in [1.82, 2.24) is 4.90 Å². The van der Waals surface area contributed by atoms with Crippen molar-refractivity contribution in [3.63, 3.8) is 0 Å². The van der Waals surface area contributed by atoms with Gasteiger partial charge in [0.25, 0.3) is 5.91 Å². The van der Waals surface area contributed by atoms with Crippen molar-refractivity contribution >= 4 is 17.2 Å². The lowest BCUT2D eigenvalue weighted by Crippen LogP contribution is -2.26. The Morgan fingerprint density at radius 3 is 2.74 bits per heavy atom. The number of likely N-dealkylation sites (N-methyl/N-ethyl adjacent to an activating group) is 1. The molecule has 1 amide bonds. The zero-order chi connectivity index (χ0) is 14.0. The van der Waals surface area contributed by atoms with Gasteiger partial charge in [-0.1, -0.05) is 30.9 Å². The molecule has 0 spiro atoms. The Morgan fingerprint density at radius 1 is 1.37 bits per heavy atom. The zero-order valence-corrected chi connectivity index (χ0v) is 11.3. The Labute approximate surface area is 113 Å². The van der Waals surface area contributed by atoms with E-state index in [-0.39, 0.29) is 5.91 Å². The van der Waals surface area contributed by atoms with Crippen LogP contribution < -0.4 is 5.73 Å². The number of hydrogen-bond donors (Lipinski definition) is 1. The topological polar surface area (TPSA) is 46.3 Å². The minimum atomic E-state index is 0.00257. The number of fused-ring (bicyclic) bond motifs is 1. The molecule has 0 radical (unpaired) electrons. The van der Waals surface area contributed by atoms with E-state index in [1.807, 2.05) is 37.3 Å². The van der Waals surface area contributed by atoms with Gasteiger partial charge in [0.15, 0.2) is 0 Å². The van der Waals surface area contributed by atoms with E-state index in [4.69, 9.17) is 5.73 Å². The van der Waals surface area contributed by atoms with E-state index in [0.29, 0.717) is 17.8 Å². The summed E-state index contributed by atoms with van der Waals surface area (Å²) in [7, 11) is 1.80. The number of amides is 1. The SMILES string of the molecule is C=CC1=C(/C=C\C)C(=O)N(C)Cc2cc(N)ccc21. The number of carbonyl (C=O) groups excluding carboxylic acids is 1. The van der Waals surface area contributed by atoms with Crippen LogP contribution in [-0.2, 0) is 11.3 Å². The number of carbonyl (C=O) groups is 1. The molecule has 0 saturated heterocycles. The lowest BCUT2D eigenvalue weighted by molar-refractivity contribution is -0.125. The second-order valence-corrected chi connectivity index (χ2v) is 4.61. The van der Waals surface area contributed by atoms with Gasteiger partial charge in [0.1, 0.15) is 0 Å². The average molecular weight is 254 g/mol. The second kappa shape index (κ2) is 5.14. The third kappa shape index (κ3) is 2.32. The molecule has 2 N–H and O–H groups in total. The minimum Gasteiger partial charge on any atom is -0.399 e. The molecule has 0 bridgehead atoms. The van der Waals surface area contributed by atoms with E-state index < -0.39 is 0 Å². The van der Waals surface area contributed by atoms with Crippen molar-refractivity contribution in [1.29, 1.82) is 0 Å². The van der Waals surface area contributed by atoms with Gasteiger partial charge in [-0.25, -0.2) is 0 Å². The molecule has 1 aliphatic rings. The number of nitrogens with two attached hydrogens (primary N) is 1. The molecule has 0 aromatic heterocycles. The molecule has 1 aromatic carbocycles. The first-order valence-electron chi connectivity index (χ1n) is 6.22. The van der Waals surface area contributed by atoms with Crippen LogP contribution in [0.2, 0.25) is 0 Å². The third-order valence-electron chi connectivity index (χ3n) is 3.23. The van der Waals surface area contributed by atoms with Crippen LogP contribution in [0.25, 0.3) is 5.57 Å². The Bertz CT molecular complexity index is 597. The summed E-state index contributed by atoms with van der Waals surface area (Å²) in [6, 6.07) is 5.73. The predicted molar refractivity (Wildman–Crippen MR) is 79.3 cm³/mol. The second-order valence-electron chi connectivity index (χ2n) is 4.61. The lowest BCUT2D eigenvalue weighted by atomic mass is 9.96. The van der Waals surface area contributed by atoms with Gasteiger partial charge in [-0.2, -0.15) is 0 Å². The summed E-state index contributed by atoms with van der Waals surface area (Å²) in [5, 5.41) is 0. The molecular weight excluding hydrogens is 236 g/mol. The van der Waals surface area contributed by atoms with Crippen LogP contribution in [0, 0.1) is 0 Å². The van der Waals surface area contributed by atoms with Gasteiger partial charge in [-0.3, -0.25) is 4.79 Å². The van der Waals surface area contributed by atoms with E-state index in [2.05, 4.69) is 6.58 Å². The molecule has 0 atom stereocenters. The Kier molecular flexibility index (Phi) is 3.56. The van der Waals surface area contributed by atoms with Crippen LogP contribution in [0.3, 0.4) is 0 Å². The van der Waals surface area contributed by atoms with Gasteiger partial charge < -0.3 is 10.6 Å². The lowest BCUT2D eigenvalue weighted by Gasteiger charge is -2.15. The number of anilines is 1. The summed E-state index contributed by atoms with van der Waals surface area (Å²) in [4.78, 5) is 14.1. The third-order valence-corrected chi connectivity index (χ3v) is 3.23. The fourth-order valence-corrected chi connectivity index (χ4v) is 2.35. The highest BCUT2D eigenvalue weighted by atomic mass is 16.2. The number of allylic oxidation sites excluding steroid dienone is 3. The number of rotatable bonds is 2. The molecule has 19 heavy (non-hydrogen) atoms. The van der Waals surface area contributed by atoms with E-state index in [1.54, 1.807) is 18.0 Å². The molecule has 0 saturated carbocycles. The van der Waals surface area contributed by atoms with Gasteiger partial charge >= 0.3 is 0 Å². The molecular formula is C16H18N2O. The molecule has 0 aliphatic carbocycles. The van der Waals surface area contributed by atoms with Crippen molar-refractivity contribution in [2.75, 3.05) is 12.8 Å². The highest BCUT2D eigenvalue weighted by Gasteiger charge is 2.23. The predicted octanol–water partition coefficient (Wildman–Crippen LogP) is 2.76. The van der Waals surface area contributed by atoms with Crippen LogP contribution in [0.5, 0.6) is 0 Å². The Balaban J connectivity index is 2.75. The van der Waals surface area contributed by atoms with Crippen molar-refractivity contribution in [2.45, 2.75) is 13.5 Å². The monoisotopic (exact) mass is 254 g/mol. The van der Waals surface area contributed by atoms with Crippen LogP contribution in [0.4, 0.5) is 5.69 Å². The molecule has 0 fully saturated rings. The van der Waals surface area contributed by atoms with E-state index in [1.165, 1.54) is 0 Å². The van der Waals surface area contributed by atoms with Gasteiger partial charge in [0.2, 0.25) is 0 Å². The van der Waals surface area contributed by atoms with E-state index in [9.17, 15) is 4.79 Å². The number of nitrogens with zero attached hydrogens (tertiary/aromatic N) is 1. The number of hydrogen-bond acceptors (Lipinski definition) is 2. The molecule has 1 aromatic rings. The minimum absolute atomic E-state index is 0.00257. The first-order chi connectivity index (χ1) is 9.08. The maximum atomic E-state index is 12.4. The normalized spacial score (nSPS) is 15.7. The number of benzene rings is 1. The first kappa shape index (κ1) is 13.1. The average Bonchev–Trinajstić information content (AvgIpc) is 2.47. The molecule has 1 aliphatic heterocycles.